The maximum absolute atomic E-state index is 6.10. The Hall–Kier alpha value is -2.82. The molecule has 2 aromatic heterocycles. The number of aryl methyl sites for hydroxylation is 1. The highest BCUT2D eigenvalue weighted by Crippen LogP contribution is 2.35. The molecule has 32 heavy (non-hydrogen) atoms. The fourth-order valence-corrected chi connectivity index (χ4v) is 3.94. The van der Waals surface area contributed by atoms with Crippen molar-refractivity contribution >= 4 is 33.1 Å². The Labute approximate surface area is 190 Å². The largest absolute Gasteiger partial charge is 0.490 e. The minimum Gasteiger partial charge on any atom is -0.490 e. The predicted molar refractivity (Wildman–Crippen MR) is 133 cm³/mol. The lowest BCUT2D eigenvalue weighted by atomic mass is 10.1. The van der Waals surface area contributed by atoms with Crippen molar-refractivity contribution in [3.8, 4) is 11.5 Å². The molecule has 2 aromatic carbocycles. The lowest BCUT2D eigenvalue weighted by Crippen LogP contribution is -2.04. The second-order valence-corrected chi connectivity index (χ2v) is 8.94. The second-order valence-electron chi connectivity index (χ2n) is 8.94. The molecule has 0 aliphatic heterocycles. The summed E-state index contributed by atoms with van der Waals surface area (Å²) in [6.07, 6.45) is 5.32. The van der Waals surface area contributed by atoms with Crippen LogP contribution in [0.5, 0.6) is 11.5 Å². The van der Waals surface area contributed by atoms with Crippen LogP contribution in [0, 0.1) is 5.92 Å². The van der Waals surface area contributed by atoms with E-state index < -0.39 is 0 Å². The lowest BCUT2D eigenvalue weighted by Gasteiger charge is -2.14. The lowest BCUT2D eigenvalue weighted by molar-refractivity contribution is 0.262. The fourth-order valence-electron chi connectivity index (χ4n) is 3.94. The Kier molecular flexibility index (Phi) is 7.13. The Morgan fingerprint density at radius 3 is 2.12 bits per heavy atom. The van der Waals surface area contributed by atoms with E-state index in [1.54, 1.807) is 0 Å². The summed E-state index contributed by atoms with van der Waals surface area (Å²) in [5.74, 6) is 2.15. The number of aromatic nitrogens is 3. The molecule has 0 N–H and O–H groups in total. The van der Waals surface area contributed by atoms with Gasteiger partial charge in [-0.25, -0.2) is 9.97 Å². The van der Waals surface area contributed by atoms with Crippen molar-refractivity contribution in [2.24, 2.45) is 5.92 Å². The van der Waals surface area contributed by atoms with Crippen LogP contribution in [0.4, 0.5) is 0 Å². The van der Waals surface area contributed by atoms with Crippen molar-refractivity contribution in [1.82, 2.24) is 14.5 Å². The quantitative estimate of drug-likeness (QED) is 0.236. The number of hydrogen-bond donors (Lipinski definition) is 0. The zero-order valence-corrected chi connectivity index (χ0v) is 19.9. The van der Waals surface area contributed by atoms with Gasteiger partial charge in [0.15, 0.2) is 17.1 Å². The SMILES string of the molecule is CCCCOc1cc2nc3c4ccccc4n(CCC(C)C)c3nc2cc1OCCCC. The van der Waals surface area contributed by atoms with Gasteiger partial charge in [-0.15, -0.1) is 0 Å². The zero-order chi connectivity index (χ0) is 22.5. The van der Waals surface area contributed by atoms with Gasteiger partial charge in [0.25, 0.3) is 0 Å². The van der Waals surface area contributed by atoms with Gasteiger partial charge in [0, 0.05) is 24.1 Å². The number of unbranched alkanes of at least 4 members (excludes halogenated alkanes) is 2. The van der Waals surface area contributed by atoms with Crippen molar-refractivity contribution in [2.45, 2.75) is 66.3 Å². The second kappa shape index (κ2) is 10.2. The first-order valence-corrected chi connectivity index (χ1v) is 12.1. The molecule has 5 heteroatoms. The predicted octanol–water partition coefficient (Wildman–Crippen LogP) is 7.14. The van der Waals surface area contributed by atoms with Crippen LogP contribution < -0.4 is 9.47 Å². The molecule has 0 saturated carbocycles. The summed E-state index contributed by atoms with van der Waals surface area (Å²) < 4.78 is 14.5. The van der Waals surface area contributed by atoms with Crippen LogP contribution in [-0.2, 0) is 6.54 Å². The number of ether oxygens (including phenoxy) is 2. The number of benzene rings is 2. The topological polar surface area (TPSA) is 49.2 Å². The van der Waals surface area contributed by atoms with Crippen LogP contribution in [0.3, 0.4) is 0 Å². The van der Waals surface area contributed by atoms with Crippen molar-refractivity contribution < 1.29 is 9.47 Å². The highest BCUT2D eigenvalue weighted by Gasteiger charge is 2.17. The van der Waals surface area contributed by atoms with Crippen LogP contribution in [0.1, 0.15) is 59.8 Å². The molecule has 0 bridgehead atoms. The number of fused-ring (bicyclic) bond motifs is 4. The van der Waals surface area contributed by atoms with Gasteiger partial charge >= 0.3 is 0 Å². The first-order chi connectivity index (χ1) is 15.6. The summed E-state index contributed by atoms with van der Waals surface area (Å²) in [7, 11) is 0. The van der Waals surface area contributed by atoms with Gasteiger partial charge in [0.05, 0.1) is 29.8 Å². The molecule has 0 spiro atoms. The Morgan fingerprint density at radius 2 is 1.50 bits per heavy atom. The molecule has 4 rings (SSSR count). The molecule has 0 fully saturated rings. The molecule has 0 saturated heterocycles. The number of hydrogen-bond acceptors (Lipinski definition) is 4. The van der Waals surface area contributed by atoms with E-state index in [2.05, 4.69) is 56.5 Å². The Bertz CT molecular complexity index is 1200. The molecule has 0 atom stereocenters. The third-order valence-corrected chi connectivity index (χ3v) is 5.86. The summed E-state index contributed by atoms with van der Waals surface area (Å²) >= 11 is 0. The first kappa shape index (κ1) is 22.4. The molecule has 4 aromatic rings. The van der Waals surface area contributed by atoms with Crippen LogP contribution in [0.25, 0.3) is 33.1 Å². The van der Waals surface area contributed by atoms with Crippen molar-refractivity contribution in [2.75, 3.05) is 13.2 Å². The highest BCUT2D eigenvalue weighted by atomic mass is 16.5. The molecular weight excluding hydrogens is 398 g/mol. The average Bonchev–Trinajstić information content (AvgIpc) is 3.09. The zero-order valence-electron chi connectivity index (χ0n) is 19.9. The van der Waals surface area contributed by atoms with Crippen LogP contribution in [-0.4, -0.2) is 27.7 Å². The van der Waals surface area contributed by atoms with E-state index in [0.29, 0.717) is 19.1 Å². The van der Waals surface area contributed by atoms with Gasteiger partial charge in [0.1, 0.15) is 5.52 Å². The van der Waals surface area contributed by atoms with Gasteiger partial charge in [-0.2, -0.15) is 0 Å². The highest BCUT2D eigenvalue weighted by molar-refractivity contribution is 6.06. The van der Waals surface area contributed by atoms with Crippen LogP contribution >= 0.6 is 0 Å². The molecule has 0 amide bonds. The molecule has 0 aliphatic carbocycles. The molecule has 0 radical (unpaired) electrons. The van der Waals surface area contributed by atoms with Gasteiger partial charge in [0.2, 0.25) is 0 Å². The first-order valence-electron chi connectivity index (χ1n) is 12.1. The minimum absolute atomic E-state index is 0.626. The normalized spacial score (nSPS) is 11.8. The minimum atomic E-state index is 0.626. The fraction of sp³-hybridized carbons (Fsp3) is 0.481. The van der Waals surface area contributed by atoms with Gasteiger partial charge in [-0.1, -0.05) is 58.7 Å². The molecule has 0 unspecified atom stereocenters. The van der Waals surface area contributed by atoms with E-state index in [1.807, 2.05) is 12.1 Å². The van der Waals surface area contributed by atoms with E-state index in [0.717, 1.165) is 77.7 Å². The Morgan fingerprint density at radius 1 is 0.875 bits per heavy atom. The third-order valence-electron chi connectivity index (χ3n) is 5.86. The molecule has 2 heterocycles. The van der Waals surface area contributed by atoms with E-state index in [1.165, 1.54) is 5.52 Å². The summed E-state index contributed by atoms with van der Waals surface area (Å²) in [6.45, 7) is 11.1. The molecule has 170 valence electrons. The molecule has 5 nitrogen and oxygen atoms in total. The monoisotopic (exact) mass is 433 g/mol. The van der Waals surface area contributed by atoms with E-state index in [4.69, 9.17) is 19.4 Å². The summed E-state index contributed by atoms with van der Waals surface area (Å²) in [5, 5.41) is 1.15. The maximum Gasteiger partial charge on any atom is 0.163 e. The molecular formula is C27H35N3O2. The van der Waals surface area contributed by atoms with E-state index >= 15 is 0 Å². The molecule has 0 aliphatic rings. The smallest absolute Gasteiger partial charge is 0.163 e. The summed E-state index contributed by atoms with van der Waals surface area (Å²) in [4.78, 5) is 10.1. The standard InChI is InChI=1S/C27H35N3O2/c1-5-7-15-31-24-17-21-22(18-25(24)32-16-8-6-2)29-27-26(28-21)20-11-9-10-12-23(20)30(27)14-13-19(3)4/h9-12,17-19H,5-8,13-16H2,1-4H3. The summed E-state index contributed by atoms with van der Waals surface area (Å²) in [5.41, 5.74) is 4.78. The maximum atomic E-state index is 6.10. The van der Waals surface area contributed by atoms with Crippen molar-refractivity contribution in [3.63, 3.8) is 0 Å². The van der Waals surface area contributed by atoms with Crippen LogP contribution in [0.15, 0.2) is 36.4 Å². The third kappa shape index (κ3) is 4.67. The Balaban J connectivity index is 1.85. The van der Waals surface area contributed by atoms with Crippen LogP contribution in [0.2, 0.25) is 0 Å². The number of para-hydroxylation sites is 1. The number of nitrogens with zero attached hydrogens (tertiary/aromatic N) is 3. The summed E-state index contributed by atoms with van der Waals surface area (Å²) in [6, 6.07) is 12.5. The van der Waals surface area contributed by atoms with Gasteiger partial charge in [-0.05, 0) is 31.2 Å². The average molecular weight is 434 g/mol. The van der Waals surface area contributed by atoms with E-state index in [-0.39, 0.29) is 0 Å². The van der Waals surface area contributed by atoms with E-state index in [9.17, 15) is 0 Å². The van der Waals surface area contributed by atoms with Crippen molar-refractivity contribution in [3.05, 3.63) is 36.4 Å². The van der Waals surface area contributed by atoms with Crippen molar-refractivity contribution in [1.29, 1.82) is 0 Å². The van der Waals surface area contributed by atoms with Gasteiger partial charge < -0.3 is 14.0 Å². The van der Waals surface area contributed by atoms with Gasteiger partial charge in [-0.3, -0.25) is 0 Å². The number of rotatable bonds is 11.